The van der Waals surface area contributed by atoms with Crippen molar-refractivity contribution in [2.75, 3.05) is 63.1 Å². The molecule has 0 atom stereocenters. The van der Waals surface area contributed by atoms with Crippen molar-refractivity contribution in [1.82, 2.24) is 20.2 Å². The second kappa shape index (κ2) is 12.4. The van der Waals surface area contributed by atoms with Gasteiger partial charge in [0.05, 0.1) is 19.0 Å². The number of halogens is 1. The highest BCUT2D eigenvalue weighted by molar-refractivity contribution is 7.99. The Labute approximate surface area is 171 Å². The lowest BCUT2D eigenvalue weighted by atomic mass is 10.3. The molecule has 1 aromatic heterocycles. The lowest BCUT2D eigenvalue weighted by Crippen LogP contribution is -2.41. The van der Waals surface area contributed by atoms with E-state index in [1.54, 1.807) is 6.07 Å². The molecule has 0 saturated carbocycles. The summed E-state index contributed by atoms with van der Waals surface area (Å²) >= 11 is 7.49. The number of amides is 1. The van der Waals surface area contributed by atoms with Crippen LogP contribution in [0.25, 0.3) is 0 Å². The van der Waals surface area contributed by atoms with Crippen LogP contribution in [-0.2, 0) is 9.53 Å². The molecule has 0 radical (unpaired) electrons. The molecule has 1 aliphatic heterocycles. The Morgan fingerprint density at radius 1 is 1.30 bits per heavy atom. The summed E-state index contributed by atoms with van der Waals surface area (Å²) < 4.78 is 5.32. The van der Waals surface area contributed by atoms with Gasteiger partial charge in [-0.25, -0.2) is 9.97 Å². The number of hydrogen-bond donors (Lipinski definition) is 1. The van der Waals surface area contributed by atoms with Crippen molar-refractivity contribution < 1.29 is 9.53 Å². The molecule has 1 aliphatic rings. The second-order valence-corrected chi connectivity index (χ2v) is 7.74. The van der Waals surface area contributed by atoms with E-state index in [2.05, 4.69) is 38.9 Å². The predicted molar refractivity (Wildman–Crippen MR) is 111 cm³/mol. The first kappa shape index (κ1) is 22.2. The summed E-state index contributed by atoms with van der Waals surface area (Å²) in [6.07, 6.45) is 2.07. The van der Waals surface area contributed by atoms with E-state index in [1.165, 1.54) is 11.8 Å². The Hall–Kier alpha value is -1.09. The maximum absolute atomic E-state index is 12.1. The average Bonchev–Trinajstić information content (AvgIpc) is 2.67. The van der Waals surface area contributed by atoms with E-state index in [9.17, 15) is 4.79 Å². The Morgan fingerprint density at radius 3 is 2.67 bits per heavy atom. The number of thioether (sulfide) groups is 1. The van der Waals surface area contributed by atoms with Gasteiger partial charge < -0.3 is 15.0 Å². The van der Waals surface area contributed by atoms with Gasteiger partial charge in [0.15, 0.2) is 5.16 Å². The Balaban J connectivity index is 1.80. The van der Waals surface area contributed by atoms with Crippen molar-refractivity contribution in [2.24, 2.45) is 0 Å². The highest BCUT2D eigenvalue weighted by Crippen LogP contribution is 2.22. The Bertz CT molecular complexity index is 581. The minimum absolute atomic E-state index is 0.0163. The van der Waals surface area contributed by atoms with Gasteiger partial charge in [-0.1, -0.05) is 37.2 Å². The van der Waals surface area contributed by atoms with Crippen LogP contribution in [0.2, 0.25) is 5.15 Å². The molecular weight excluding hydrogens is 386 g/mol. The number of aromatic nitrogens is 2. The fourth-order valence-electron chi connectivity index (χ4n) is 2.85. The number of nitrogens with one attached hydrogen (secondary N) is 1. The lowest BCUT2D eigenvalue weighted by Gasteiger charge is -2.26. The Kier molecular flexibility index (Phi) is 10.2. The van der Waals surface area contributed by atoms with Crippen LogP contribution in [0.4, 0.5) is 5.82 Å². The zero-order chi connectivity index (χ0) is 19.5. The number of ether oxygens (including phenoxy) is 1. The molecule has 1 saturated heterocycles. The molecular formula is C18H30ClN5O2S. The van der Waals surface area contributed by atoms with Crippen LogP contribution in [0.3, 0.4) is 0 Å². The molecule has 1 amide bonds. The van der Waals surface area contributed by atoms with Crippen LogP contribution in [0.5, 0.6) is 0 Å². The normalized spacial score (nSPS) is 14.9. The van der Waals surface area contributed by atoms with Crippen molar-refractivity contribution in [3.8, 4) is 0 Å². The molecule has 1 fully saturated rings. The predicted octanol–water partition coefficient (Wildman–Crippen LogP) is 2.30. The smallest absolute Gasteiger partial charge is 0.230 e. The van der Waals surface area contributed by atoms with E-state index in [0.29, 0.717) is 16.9 Å². The van der Waals surface area contributed by atoms with Gasteiger partial charge >= 0.3 is 0 Å². The van der Waals surface area contributed by atoms with E-state index in [4.69, 9.17) is 16.3 Å². The summed E-state index contributed by atoms with van der Waals surface area (Å²) in [7, 11) is 0. The fraction of sp³-hybridized carbons (Fsp3) is 0.722. The largest absolute Gasteiger partial charge is 0.379 e. The average molecular weight is 416 g/mol. The molecule has 0 spiro atoms. The van der Waals surface area contributed by atoms with Gasteiger partial charge in [0.1, 0.15) is 11.0 Å². The molecule has 1 N–H and O–H groups in total. The van der Waals surface area contributed by atoms with Gasteiger partial charge in [-0.3, -0.25) is 9.69 Å². The molecule has 0 unspecified atom stereocenters. The maximum Gasteiger partial charge on any atom is 0.230 e. The summed E-state index contributed by atoms with van der Waals surface area (Å²) in [6, 6.07) is 1.79. The lowest BCUT2D eigenvalue weighted by molar-refractivity contribution is -0.118. The molecule has 7 nitrogen and oxygen atoms in total. The summed E-state index contributed by atoms with van der Waals surface area (Å²) in [5.74, 6) is 1.09. The SMILES string of the molecule is CCCN(CCC)c1cc(Cl)nc(SCC(=O)NCCN2CCOCC2)n1. The highest BCUT2D eigenvalue weighted by Gasteiger charge is 2.13. The fourth-order valence-corrected chi connectivity index (χ4v) is 3.76. The minimum Gasteiger partial charge on any atom is -0.379 e. The minimum atomic E-state index is -0.0163. The van der Waals surface area contributed by atoms with E-state index >= 15 is 0 Å². The summed E-state index contributed by atoms with van der Waals surface area (Å²) in [6.45, 7) is 11.0. The molecule has 2 rings (SSSR count). The van der Waals surface area contributed by atoms with Crippen LogP contribution in [0.15, 0.2) is 11.2 Å². The number of anilines is 1. The second-order valence-electron chi connectivity index (χ2n) is 6.41. The first-order chi connectivity index (χ1) is 13.1. The molecule has 27 heavy (non-hydrogen) atoms. The van der Waals surface area contributed by atoms with Crippen molar-refractivity contribution in [3.63, 3.8) is 0 Å². The van der Waals surface area contributed by atoms with Crippen LogP contribution in [-0.4, -0.2) is 79.0 Å². The van der Waals surface area contributed by atoms with E-state index < -0.39 is 0 Å². The number of hydrogen-bond acceptors (Lipinski definition) is 7. The van der Waals surface area contributed by atoms with E-state index in [-0.39, 0.29) is 11.7 Å². The third kappa shape index (κ3) is 8.21. The monoisotopic (exact) mass is 415 g/mol. The number of nitrogens with zero attached hydrogens (tertiary/aromatic N) is 4. The molecule has 0 aliphatic carbocycles. The van der Waals surface area contributed by atoms with E-state index in [1.807, 2.05) is 0 Å². The third-order valence-electron chi connectivity index (χ3n) is 4.16. The number of carbonyl (C=O) groups is 1. The molecule has 1 aromatic rings. The van der Waals surface area contributed by atoms with Crippen LogP contribution >= 0.6 is 23.4 Å². The first-order valence-electron chi connectivity index (χ1n) is 9.61. The van der Waals surface area contributed by atoms with Crippen LogP contribution < -0.4 is 10.2 Å². The van der Waals surface area contributed by atoms with Crippen LogP contribution in [0.1, 0.15) is 26.7 Å². The van der Waals surface area contributed by atoms with Gasteiger partial charge in [0.25, 0.3) is 0 Å². The molecule has 9 heteroatoms. The zero-order valence-electron chi connectivity index (χ0n) is 16.2. The molecule has 0 bridgehead atoms. The number of morpholine rings is 1. The van der Waals surface area contributed by atoms with Gasteiger partial charge in [0, 0.05) is 45.3 Å². The van der Waals surface area contributed by atoms with Crippen LogP contribution in [0, 0.1) is 0 Å². The highest BCUT2D eigenvalue weighted by atomic mass is 35.5. The van der Waals surface area contributed by atoms with Crippen molar-refractivity contribution >= 4 is 35.1 Å². The Morgan fingerprint density at radius 2 is 2.00 bits per heavy atom. The maximum atomic E-state index is 12.1. The summed E-state index contributed by atoms with van der Waals surface area (Å²) in [5.41, 5.74) is 0. The molecule has 2 heterocycles. The summed E-state index contributed by atoms with van der Waals surface area (Å²) in [5, 5.41) is 3.90. The number of rotatable bonds is 11. The van der Waals surface area contributed by atoms with Gasteiger partial charge in [0.2, 0.25) is 5.91 Å². The number of carbonyl (C=O) groups excluding carboxylic acids is 1. The van der Waals surface area contributed by atoms with Gasteiger partial charge in [-0.2, -0.15) is 0 Å². The quantitative estimate of drug-likeness (QED) is 0.338. The summed E-state index contributed by atoms with van der Waals surface area (Å²) in [4.78, 5) is 25.4. The van der Waals surface area contributed by atoms with Crippen molar-refractivity contribution in [1.29, 1.82) is 0 Å². The van der Waals surface area contributed by atoms with Gasteiger partial charge in [-0.15, -0.1) is 0 Å². The topological polar surface area (TPSA) is 70.6 Å². The first-order valence-corrected chi connectivity index (χ1v) is 11.0. The van der Waals surface area contributed by atoms with Crippen molar-refractivity contribution in [2.45, 2.75) is 31.8 Å². The molecule has 152 valence electrons. The standard InChI is InChI=1S/C18H30ClN5O2S/c1-3-6-24(7-4-2)16-13-15(19)21-18(22-16)27-14-17(25)20-5-8-23-9-11-26-12-10-23/h13H,3-12,14H2,1-2H3,(H,20,25). The van der Waals surface area contributed by atoms with Crippen molar-refractivity contribution in [3.05, 3.63) is 11.2 Å². The third-order valence-corrected chi connectivity index (χ3v) is 5.20. The molecule has 0 aromatic carbocycles. The van der Waals surface area contributed by atoms with E-state index in [0.717, 1.165) is 64.6 Å². The zero-order valence-corrected chi connectivity index (χ0v) is 17.8. The van der Waals surface area contributed by atoms with Gasteiger partial charge in [-0.05, 0) is 12.8 Å².